The first-order valence-corrected chi connectivity index (χ1v) is 25.4. The fourth-order valence-electron chi connectivity index (χ4n) is 7.02. The highest BCUT2D eigenvalue weighted by molar-refractivity contribution is 8.76. The average Bonchev–Trinajstić information content (AvgIpc) is 3.26. The van der Waals surface area contributed by atoms with Gasteiger partial charge in [0.15, 0.2) is 12.6 Å². The Balaban J connectivity index is 1.03. The van der Waals surface area contributed by atoms with Crippen LogP contribution in [-0.4, -0.2) is 207 Å². The number of non-ortho nitro benzene ring substituents is 1. The summed E-state index contributed by atoms with van der Waals surface area (Å²) in [5.74, 6) is 2.75. The predicted molar refractivity (Wildman–Crippen MR) is 240 cm³/mol. The summed E-state index contributed by atoms with van der Waals surface area (Å²) in [4.78, 5) is 22.6. The van der Waals surface area contributed by atoms with E-state index < -0.39 is 109 Å². The molecule has 1 aromatic carbocycles. The van der Waals surface area contributed by atoms with Crippen molar-refractivity contribution in [3.63, 3.8) is 0 Å². The number of nitro benzene ring substituents is 1. The molecular formula is C37H65N7O15S4. The van der Waals surface area contributed by atoms with Gasteiger partial charge in [-0.3, -0.25) is 14.9 Å². The van der Waals surface area contributed by atoms with Gasteiger partial charge in [0.2, 0.25) is 5.91 Å². The molecule has 0 aromatic heterocycles. The van der Waals surface area contributed by atoms with Gasteiger partial charge in [-0.25, -0.2) is 0 Å². The van der Waals surface area contributed by atoms with E-state index in [9.17, 15) is 45.5 Å². The van der Waals surface area contributed by atoms with Crippen molar-refractivity contribution in [1.82, 2.24) is 5.32 Å². The lowest BCUT2D eigenvalue weighted by Crippen LogP contribution is -2.68. The maximum Gasteiger partial charge on any atom is 0.269 e. The quantitative estimate of drug-likeness (QED) is 0.0178. The Hall–Kier alpha value is -1.19. The molecule has 0 bridgehead atoms. The van der Waals surface area contributed by atoms with E-state index in [0.29, 0.717) is 49.2 Å². The third kappa shape index (κ3) is 16.8. The number of carbonyl (C=O) groups is 1. The van der Waals surface area contributed by atoms with E-state index in [4.69, 9.17) is 57.1 Å². The first-order chi connectivity index (χ1) is 30.2. The summed E-state index contributed by atoms with van der Waals surface area (Å²) >= 11 is 2.82. The fourth-order valence-corrected chi connectivity index (χ4v) is 10.3. The second-order valence-electron chi connectivity index (χ2n) is 15.2. The third-order valence-corrected chi connectivity index (χ3v) is 14.8. The fraction of sp³-hybridized carbons (Fsp3) is 0.811. The number of benzene rings is 1. The van der Waals surface area contributed by atoms with Crippen molar-refractivity contribution in [3.8, 4) is 0 Å². The van der Waals surface area contributed by atoms with E-state index in [-0.39, 0.29) is 36.7 Å². The van der Waals surface area contributed by atoms with Crippen LogP contribution in [0.4, 0.5) is 5.69 Å². The van der Waals surface area contributed by atoms with Gasteiger partial charge in [0.1, 0.15) is 30.5 Å². The van der Waals surface area contributed by atoms with Crippen LogP contribution in [0.5, 0.6) is 0 Å². The summed E-state index contributed by atoms with van der Waals surface area (Å²) in [5.41, 5.74) is 30.9. The monoisotopic (exact) mass is 975 g/mol. The van der Waals surface area contributed by atoms with E-state index >= 15 is 0 Å². The standard InChI is InChI=1S/C37H65N7O15S4/c38-15-26-25(46)14-23(41)36(56-26)58-34-21(39)13-22(40)35(33(34)51)59-37-32(50)29(42)31(49)27(57-37)17-60-9-5-54-7-11-62-63-12-8-55-6-10-61-18-28(47)43-24(16-45)30(48)19-1-3-20(4-2-19)44(52)53/h1-4,21-27,29-37,45-46,48-51H,5-18,38-42H2,(H,43,47)/t21-,22+,23+,24+,25-,26+,27+,29-,30+,31+,32+,33-,34+,35-,36+,37-/m0/s1. The van der Waals surface area contributed by atoms with E-state index in [0.717, 1.165) is 11.5 Å². The van der Waals surface area contributed by atoms with Gasteiger partial charge in [-0.15, -0.1) is 11.8 Å². The molecule has 63 heavy (non-hydrogen) atoms. The van der Waals surface area contributed by atoms with Gasteiger partial charge in [0, 0.05) is 59.5 Å². The summed E-state index contributed by atoms with van der Waals surface area (Å²) in [6, 6.07) is 1.00. The lowest BCUT2D eigenvalue weighted by Gasteiger charge is -2.48. The van der Waals surface area contributed by atoms with Crippen LogP contribution >= 0.6 is 45.1 Å². The van der Waals surface area contributed by atoms with E-state index in [1.165, 1.54) is 47.8 Å². The normalized spacial score (nSPS) is 33.4. The van der Waals surface area contributed by atoms with Crippen LogP contribution in [0.25, 0.3) is 0 Å². The predicted octanol–water partition coefficient (Wildman–Crippen LogP) is -3.29. The van der Waals surface area contributed by atoms with Crippen LogP contribution in [0.3, 0.4) is 0 Å². The summed E-state index contributed by atoms with van der Waals surface area (Å²) in [6.45, 7) is 1.49. The summed E-state index contributed by atoms with van der Waals surface area (Å²) in [7, 11) is 3.30. The molecule has 1 aliphatic carbocycles. The molecule has 0 unspecified atom stereocenters. The number of nitrogens with zero attached hydrogens (tertiary/aromatic N) is 1. The van der Waals surface area contributed by atoms with Crippen LogP contribution in [-0.2, 0) is 33.2 Å². The van der Waals surface area contributed by atoms with Gasteiger partial charge in [0.05, 0.1) is 86.3 Å². The van der Waals surface area contributed by atoms with Crippen molar-refractivity contribution in [2.75, 3.05) is 74.1 Å². The Labute approximate surface area is 382 Å². The smallest absolute Gasteiger partial charge is 0.269 e. The molecule has 0 radical (unpaired) electrons. The van der Waals surface area contributed by atoms with Crippen molar-refractivity contribution in [1.29, 1.82) is 0 Å². The van der Waals surface area contributed by atoms with Crippen LogP contribution in [0.15, 0.2) is 24.3 Å². The minimum absolute atomic E-state index is 0.0378. The van der Waals surface area contributed by atoms with E-state index in [1.54, 1.807) is 21.6 Å². The van der Waals surface area contributed by atoms with Crippen molar-refractivity contribution in [2.45, 2.75) is 111 Å². The summed E-state index contributed by atoms with van der Waals surface area (Å²) in [5, 5.41) is 76.8. The largest absolute Gasteiger partial charge is 0.394 e. The molecule has 3 aliphatic rings. The van der Waals surface area contributed by atoms with E-state index in [2.05, 4.69) is 5.32 Å². The Bertz CT molecular complexity index is 1490. The molecule has 2 heterocycles. The molecule has 2 saturated heterocycles. The first kappa shape index (κ1) is 54.4. The number of rotatable bonds is 27. The molecular weight excluding hydrogens is 911 g/mol. The number of nitrogens with one attached hydrogen (secondary N) is 1. The maximum absolute atomic E-state index is 12.3. The maximum atomic E-state index is 12.3. The highest BCUT2D eigenvalue weighted by Crippen LogP contribution is 2.32. The van der Waals surface area contributed by atoms with Crippen molar-refractivity contribution in [3.05, 3.63) is 39.9 Å². The molecule has 1 aromatic rings. The van der Waals surface area contributed by atoms with Gasteiger partial charge >= 0.3 is 0 Å². The van der Waals surface area contributed by atoms with Gasteiger partial charge in [-0.1, -0.05) is 21.6 Å². The molecule has 4 rings (SSSR count). The zero-order valence-corrected chi connectivity index (χ0v) is 38.0. The molecule has 22 nitrogen and oxygen atoms in total. The highest BCUT2D eigenvalue weighted by Gasteiger charge is 2.50. The number of aliphatic hydroxyl groups excluding tert-OH is 6. The second-order valence-corrected chi connectivity index (χ2v) is 20.2. The van der Waals surface area contributed by atoms with Crippen LogP contribution < -0.4 is 34.0 Å². The van der Waals surface area contributed by atoms with Gasteiger partial charge in [-0.05, 0) is 30.5 Å². The number of carbonyl (C=O) groups excluding carboxylic acids is 1. The molecule has 3 fully saturated rings. The summed E-state index contributed by atoms with van der Waals surface area (Å²) in [6.07, 6.45) is -11.7. The number of thioether (sulfide) groups is 2. The minimum Gasteiger partial charge on any atom is -0.394 e. The second kappa shape index (κ2) is 28.2. The number of aliphatic hydroxyl groups is 6. The molecule has 17 N–H and O–H groups in total. The Morgan fingerprint density at radius 3 is 1.97 bits per heavy atom. The number of nitro groups is 1. The molecule has 1 amide bonds. The molecule has 0 spiro atoms. The number of hydrogen-bond donors (Lipinski definition) is 12. The molecule has 16 atom stereocenters. The van der Waals surface area contributed by atoms with Crippen LogP contribution in [0.2, 0.25) is 0 Å². The Morgan fingerprint density at radius 2 is 1.38 bits per heavy atom. The van der Waals surface area contributed by atoms with Crippen LogP contribution in [0.1, 0.15) is 24.5 Å². The minimum atomic E-state index is -1.43. The Morgan fingerprint density at radius 1 is 0.810 bits per heavy atom. The van der Waals surface area contributed by atoms with Gasteiger partial charge in [0.25, 0.3) is 5.69 Å². The summed E-state index contributed by atoms with van der Waals surface area (Å²) < 4.78 is 35.2. The number of nitrogens with two attached hydrogens (primary N) is 5. The molecule has 26 heteroatoms. The Kier molecular flexibility index (Phi) is 24.4. The number of ether oxygens (including phenoxy) is 6. The van der Waals surface area contributed by atoms with Gasteiger partial charge < -0.3 is 93.0 Å². The average molecular weight is 976 g/mol. The van der Waals surface area contributed by atoms with Crippen molar-refractivity contribution in [2.24, 2.45) is 28.7 Å². The lowest BCUT2D eigenvalue weighted by atomic mass is 9.84. The lowest BCUT2D eigenvalue weighted by molar-refractivity contribution is -0.384. The number of amides is 1. The first-order valence-electron chi connectivity index (χ1n) is 20.6. The number of hydrogen-bond acceptors (Lipinski definition) is 24. The topological polar surface area (TPSA) is 379 Å². The van der Waals surface area contributed by atoms with Crippen molar-refractivity contribution < 1.29 is 68.8 Å². The van der Waals surface area contributed by atoms with Crippen LogP contribution in [0, 0.1) is 10.1 Å². The highest BCUT2D eigenvalue weighted by atomic mass is 33.1. The molecule has 2 aliphatic heterocycles. The molecule has 362 valence electrons. The molecule has 1 saturated carbocycles. The third-order valence-electron chi connectivity index (χ3n) is 10.6. The zero-order valence-electron chi connectivity index (χ0n) is 34.8. The SMILES string of the molecule is NC[C@H]1O[C@H](O[C@H]2[C@H](O)[C@@H](O[C@@H]3O[C@H](CSCCOCCSSCCOCCSCC(=O)N[C@H](CO)[C@H](O)c4ccc([N+](=O)[O-])cc4)[C@@H](O)[C@H](N)[C@H]3O)[C@H](N)C[C@@H]2N)[C@H](N)C[C@@H]1O. The van der Waals surface area contributed by atoms with E-state index in [1.807, 2.05) is 0 Å². The van der Waals surface area contributed by atoms with Crippen molar-refractivity contribution >= 4 is 56.7 Å². The van der Waals surface area contributed by atoms with Gasteiger partial charge in [-0.2, -0.15) is 11.8 Å². The zero-order chi connectivity index (χ0) is 46.1.